The standard InChI is InChI=1S/C19H15N3O2/c1-22-11-15-10-14(6-7-16(15)19(22)24)12-2-4-13(5-3-12)17(23)18-20-8-9-21-18/h2-10H,11H2,1H3,(H,20,21). The summed E-state index contributed by atoms with van der Waals surface area (Å²) in [4.78, 5) is 32.7. The summed E-state index contributed by atoms with van der Waals surface area (Å²) in [6, 6.07) is 13.3. The maximum Gasteiger partial charge on any atom is 0.254 e. The molecule has 0 unspecified atom stereocenters. The van der Waals surface area contributed by atoms with Gasteiger partial charge in [0.05, 0.1) is 0 Å². The summed E-state index contributed by atoms with van der Waals surface area (Å²) in [5.74, 6) is 0.269. The minimum absolute atomic E-state index is 0.0657. The van der Waals surface area contributed by atoms with Crippen molar-refractivity contribution in [3.05, 3.63) is 77.4 Å². The second-order valence-electron chi connectivity index (χ2n) is 5.88. The molecule has 1 aromatic heterocycles. The Bertz CT molecular complexity index is 928. The normalized spacial score (nSPS) is 13.2. The van der Waals surface area contributed by atoms with Gasteiger partial charge in [0.25, 0.3) is 5.91 Å². The second kappa shape index (κ2) is 5.45. The van der Waals surface area contributed by atoms with Crippen LogP contribution in [0.2, 0.25) is 0 Å². The van der Waals surface area contributed by atoms with E-state index in [9.17, 15) is 9.59 Å². The largest absolute Gasteiger partial charge is 0.342 e. The molecule has 2 aromatic carbocycles. The lowest BCUT2D eigenvalue weighted by Crippen LogP contribution is -2.17. The molecule has 4 rings (SSSR count). The maximum absolute atomic E-state index is 12.2. The minimum atomic E-state index is -0.132. The van der Waals surface area contributed by atoms with Crippen LogP contribution in [0.15, 0.2) is 54.9 Å². The van der Waals surface area contributed by atoms with Crippen molar-refractivity contribution in [1.82, 2.24) is 14.9 Å². The first-order valence-electron chi connectivity index (χ1n) is 7.66. The van der Waals surface area contributed by atoms with E-state index in [0.717, 1.165) is 22.3 Å². The highest BCUT2D eigenvalue weighted by Gasteiger charge is 2.24. The molecular formula is C19H15N3O2. The smallest absolute Gasteiger partial charge is 0.254 e. The molecule has 1 aliphatic rings. The van der Waals surface area contributed by atoms with Gasteiger partial charge in [-0.2, -0.15) is 0 Å². The van der Waals surface area contributed by atoms with Gasteiger partial charge in [0.2, 0.25) is 5.78 Å². The van der Waals surface area contributed by atoms with Crippen LogP contribution in [0.25, 0.3) is 11.1 Å². The zero-order chi connectivity index (χ0) is 16.7. The number of nitrogens with zero attached hydrogens (tertiary/aromatic N) is 2. The van der Waals surface area contributed by atoms with E-state index in [1.54, 1.807) is 36.5 Å². The molecule has 0 spiro atoms. The number of hydrogen-bond donors (Lipinski definition) is 1. The number of carbonyl (C=O) groups excluding carboxylic acids is 2. The monoisotopic (exact) mass is 317 g/mol. The molecule has 0 saturated carbocycles. The number of imidazole rings is 1. The predicted octanol–water partition coefficient (Wildman–Crippen LogP) is 2.89. The number of rotatable bonds is 3. The highest BCUT2D eigenvalue weighted by Crippen LogP contribution is 2.28. The van der Waals surface area contributed by atoms with Crippen LogP contribution < -0.4 is 0 Å². The van der Waals surface area contributed by atoms with Crippen LogP contribution in [0.5, 0.6) is 0 Å². The van der Waals surface area contributed by atoms with E-state index in [1.165, 1.54) is 0 Å². The lowest BCUT2D eigenvalue weighted by Gasteiger charge is -2.05. The van der Waals surface area contributed by atoms with Crippen LogP contribution in [-0.4, -0.2) is 33.6 Å². The lowest BCUT2D eigenvalue weighted by molar-refractivity contribution is 0.0816. The number of benzene rings is 2. The molecular weight excluding hydrogens is 302 g/mol. The van der Waals surface area contributed by atoms with E-state index in [0.29, 0.717) is 17.9 Å². The Labute approximate surface area is 139 Å². The number of aromatic nitrogens is 2. The molecule has 24 heavy (non-hydrogen) atoms. The first-order chi connectivity index (χ1) is 11.6. The molecule has 1 aliphatic heterocycles. The number of ketones is 1. The Morgan fingerprint density at radius 3 is 2.58 bits per heavy atom. The van der Waals surface area contributed by atoms with Gasteiger partial charge >= 0.3 is 0 Å². The number of amides is 1. The molecule has 0 atom stereocenters. The Kier molecular flexibility index (Phi) is 3.27. The van der Waals surface area contributed by atoms with Crippen molar-refractivity contribution in [2.75, 3.05) is 7.05 Å². The van der Waals surface area contributed by atoms with Crippen molar-refractivity contribution in [2.45, 2.75) is 6.54 Å². The van der Waals surface area contributed by atoms with E-state index < -0.39 is 0 Å². The first kappa shape index (κ1) is 14.4. The molecule has 3 aromatic rings. The topological polar surface area (TPSA) is 66.1 Å². The quantitative estimate of drug-likeness (QED) is 0.755. The fourth-order valence-electron chi connectivity index (χ4n) is 2.99. The lowest BCUT2D eigenvalue weighted by atomic mass is 9.99. The van der Waals surface area contributed by atoms with Crippen molar-refractivity contribution in [1.29, 1.82) is 0 Å². The predicted molar refractivity (Wildman–Crippen MR) is 89.7 cm³/mol. The Hall–Kier alpha value is -3.21. The van der Waals surface area contributed by atoms with Gasteiger partial charge in [-0.25, -0.2) is 4.98 Å². The van der Waals surface area contributed by atoms with Crippen molar-refractivity contribution in [2.24, 2.45) is 0 Å². The minimum Gasteiger partial charge on any atom is -0.342 e. The van der Waals surface area contributed by atoms with Crippen LogP contribution >= 0.6 is 0 Å². The Balaban J connectivity index is 1.63. The molecule has 0 aliphatic carbocycles. The second-order valence-corrected chi connectivity index (χ2v) is 5.88. The molecule has 1 N–H and O–H groups in total. The molecule has 1 amide bonds. The summed E-state index contributed by atoms with van der Waals surface area (Å²) < 4.78 is 0. The number of fused-ring (bicyclic) bond motifs is 1. The third-order valence-electron chi connectivity index (χ3n) is 4.28. The number of H-pyrrole nitrogens is 1. The van der Waals surface area contributed by atoms with E-state index >= 15 is 0 Å². The number of aromatic amines is 1. The molecule has 0 bridgehead atoms. The van der Waals surface area contributed by atoms with Gasteiger partial charge in [0, 0.05) is 37.1 Å². The molecule has 118 valence electrons. The van der Waals surface area contributed by atoms with Gasteiger partial charge < -0.3 is 9.88 Å². The van der Waals surface area contributed by atoms with E-state index in [1.807, 2.05) is 30.3 Å². The SMILES string of the molecule is CN1Cc2cc(-c3ccc(C(=O)c4ncc[nH]4)cc3)ccc2C1=O. The molecule has 0 fully saturated rings. The molecule has 2 heterocycles. The van der Waals surface area contributed by atoms with Gasteiger partial charge in [-0.05, 0) is 28.8 Å². The summed E-state index contributed by atoms with van der Waals surface area (Å²) in [5.41, 5.74) is 4.44. The molecule has 5 heteroatoms. The van der Waals surface area contributed by atoms with E-state index in [4.69, 9.17) is 0 Å². The highest BCUT2D eigenvalue weighted by molar-refractivity contribution is 6.06. The number of nitrogens with one attached hydrogen (secondary N) is 1. The number of hydrogen-bond acceptors (Lipinski definition) is 3. The van der Waals surface area contributed by atoms with Gasteiger partial charge in [0.1, 0.15) is 0 Å². The summed E-state index contributed by atoms with van der Waals surface area (Å²) >= 11 is 0. The van der Waals surface area contributed by atoms with Crippen molar-refractivity contribution < 1.29 is 9.59 Å². The van der Waals surface area contributed by atoms with E-state index in [2.05, 4.69) is 9.97 Å². The summed E-state index contributed by atoms with van der Waals surface area (Å²) in [6.45, 7) is 0.636. The van der Waals surface area contributed by atoms with Crippen LogP contribution in [0.1, 0.15) is 32.1 Å². The zero-order valence-electron chi connectivity index (χ0n) is 13.1. The van der Waals surface area contributed by atoms with Crippen LogP contribution in [-0.2, 0) is 6.54 Å². The van der Waals surface area contributed by atoms with Gasteiger partial charge in [-0.3, -0.25) is 9.59 Å². The fourth-order valence-corrected chi connectivity index (χ4v) is 2.99. The Morgan fingerprint density at radius 1 is 1.12 bits per heavy atom. The van der Waals surface area contributed by atoms with Crippen molar-refractivity contribution in [3.8, 4) is 11.1 Å². The number of carbonyl (C=O) groups is 2. The summed E-state index contributed by atoms with van der Waals surface area (Å²) in [7, 11) is 1.80. The molecule has 0 saturated heterocycles. The maximum atomic E-state index is 12.2. The van der Waals surface area contributed by atoms with Crippen molar-refractivity contribution in [3.63, 3.8) is 0 Å². The third-order valence-corrected chi connectivity index (χ3v) is 4.28. The van der Waals surface area contributed by atoms with Crippen molar-refractivity contribution >= 4 is 11.7 Å². The van der Waals surface area contributed by atoms with Gasteiger partial charge in [0.15, 0.2) is 5.82 Å². The summed E-state index contributed by atoms with van der Waals surface area (Å²) in [5, 5.41) is 0. The van der Waals surface area contributed by atoms with E-state index in [-0.39, 0.29) is 11.7 Å². The van der Waals surface area contributed by atoms with Crippen LogP contribution in [0.3, 0.4) is 0 Å². The van der Waals surface area contributed by atoms with Gasteiger partial charge in [-0.1, -0.05) is 30.3 Å². The first-order valence-corrected chi connectivity index (χ1v) is 7.66. The summed E-state index contributed by atoms with van der Waals surface area (Å²) in [6.07, 6.45) is 3.19. The zero-order valence-corrected chi connectivity index (χ0v) is 13.1. The third kappa shape index (κ3) is 2.31. The average Bonchev–Trinajstić information content (AvgIpc) is 3.23. The highest BCUT2D eigenvalue weighted by atomic mass is 16.2. The fraction of sp³-hybridized carbons (Fsp3) is 0.105. The van der Waals surface area contributed by atoms with Crippen LogP contribution in [0.4, 0.5) is 0 Å². The van der Waals surface area contributed by atoms with Crippen LogP contribution in [0, 0.1) is 0 Å². The Morgan fingerprint density at radius 2 is 1.88 bits per heavy atom. The molecule has 5 nitrogen and oxygen atoms in total. The average molecular weight is 317 g/mol. The molecule has 0 radical (unpaired) electrons. The van der Waals surface area contributed by atoms with Gasteiger partial charge in [-0.15, -0.1) is 0 Å².